The predicted molar refractivity (Wildman–Crippen MR) is 47.3 cm³/mol. The Morgan fingerprint density at radius 1 is 1.20 bits per heavy atom. The molecule has 0 fully saturated rings. The summed E-state index contributed by atoms with van der Waals surface area (Å²) in [4.78, 5) is 0.778. The van der Waals surface area contributed by atoms with Crippen molar-refractivity contribution in [2.24, 2.45) is 0 Å². The molecule has 4 N–H and O–H groups in total. The highest BCUT2D eigenvalue weighted by Crippen LogP contribution is 2.24. The number of anilines is 2. The molecule has 0 bridgehead atoms. The Morgan fingerprint density at radius 3 is 2.20 bits per heavy atom. The molecule has 0 aliphatic carbocycles. The van der Waals surface area contributed by atoms with E-state index < -0.39 is 0 Å². The molecule has 0 amide bonds. The molecule has 0 saturated carbocycles. The van der Waals surface area contributed by atoms with Gasteiger partial charge in [0, 0.05) is 16.3 Å². The molecule has 0 aliphatic heterocycles. The van der Waals surface area contributed by atoms with Gasteiger partial charge in [-0.1, -0.05) is 0 Å². The molecular formula is C7H10N2S. The van der Waals surface area contributed by atoms with E-state index in [0.717, 1.165) is 16.1 Å². The first-order valence-corrected chi connectivity index (χ1v) is 3.41. The molecule has 1 rings (SSSR count). The molecule has 0 aromatic heterocycles. The Bertz CT molecular complexity index is 231. The topological polar surface area (TPSA) is 52.0 Å². The lowest BCUT2D eigenvalue weighted by molar-refractivity contribution is 1.32. The van der Waals surface area contributed by atoms with E-state index in [0.29, 0.717) is 5.69 Å². The first-order valence-electron chi connectivity index (χ1n) is 2.96. The largest absolute Gasteiger partial charge is 0.398 e. The SMILES string of the molecule is Cc1c(N)ccc(N)c1S. The Balaban J connectivity index is 3.34. The molecule has 1 aromatic rings. The Labute approximate surface area is 65.6 Å². The summed E-state index contributed by atoms with van der Waals surface area (Å²) < 4.78 is 0. The first kappa shape index (κ1) is 7.28. The van der Waals surface area contributed by atoms with Gasteiger partial charge in [0.15, 0.2) is 0 Å². The van der Waals surface area contributed by atoms with E-state index in [1.54, 1.807) is 12.1 Å². The quantitative estimate of drug-likeness (QED) is 0.391. The van der Waals surface area contributed by atoms with Crippen molar-refractivity contribution in [3.05, 3.63) is 17.7 Å². The van der Waals surface area contributed by atoms with Crippen LogP contribution in [0.2, 0.25) is 0 Å². The van der Waals surface area contributed by atoms with Gasteiger partial charge in [-0.15, -0.1) is 12.6 Å². The van der Waals surface area contributed by atoms with Crippen LogP contribution < -0.4 is 11.5 Å². The summed E-state index contributed by atoms with van der Waals surface area (Å²) in [6.45, 7) is 1.90. The van der Waals surface area contributed by atoms with E-state index in [9.17, 15) is 0 Å². The highest BCUT2D eigenvalue weighted by molar-refractivity contribution is 7.80. The summed E-state index contributed by atoms with van der Waals surface area (Å²) in [5.74, 6) is 0. The summed E-state index contributed by atoms with van der Waals surface area (Å²) in [7, 11) is 0. The van der Waals surface area contributed by atoms with Gasteiger partial charge < -0.3 is 11.5 Å². The third-order valence-electron chi connectivity index (χ3n) is 1.50. The summed E-state index contributed by atoms with van der Waals surface area (Å²) in [5, 5.41) is 0. The van der Waals surface area contributed by atoms with Crippen LogP contribution in [0.25, 0.3) is 0 Å². The van der Waals surface area contributed by atoms with E-state index in [1.165, 1.54) is 0 Å². The number of thiol groups is 1. The van der Waals surface area contributed by atoms with Crippen LogP contribution in [0.1, 0.15) is 5.56 Å². The minimum absolute atomic E-state index is 0.676. The fourth-order valence-electron chi connectivity index (χ4n) is 0.737. The number of benzene rings is 1. The molecule has 0 atom stereocenters. The van der Waals surface area contributed by atoms with Gasteiger partial charge >= 0.3 is 0 Å². The maximum atomic E-state index is 5.59. The fourth-order valence-corrected chi connectivity index (χ4v) is 0.940. The zero-order chi connectivity index (χ0) is 7.72. The molecule has 0 spiro atoms. The Morgan fingerprint density at radius 2 is 1.70 bits per heavy atom. The number of hydrogen-bond donors (Lipinski definition) is 3. The number of rotatable bonds is 0. The molecule has 2 nitrogen and oxygen atoms in total. The lowest BCUT2D eigenvalue weighted by Crippen LogP contribution is -1.94. The van der Waals surface area contributed by atoms with Crippen LogP contribution in [0.3, 0.4) is 0 Å². The molecule has 10 heavy (non-hydrogen) atoms. The van der Waals surface area contributed by atoms with Crippen molar-refractivity contribution in [2.75, 3.05) is 11.5 Å². The van der Waals surface area contributed by atoms with Crippen molar-refractivity contribution >= 4 is 24.0 Å². The molecular weight excluding hydrogens is 144 g/mol. The fraction of sp³-hybridized carbons (Fsp3) is 0.143. The van der Waals surface area contributed by atoms with Crippen LogP contribution in [0.4, 0.5) is 11.4 Å². The van der Waals surface area contributed by atoms with Crippen molar-refractivity contribution in [3.63, 3.8) is 0 Å². The maximum Gasteiger partial charge on any atom is 0.0453 e. The summed E-state index contributed by atoms with van der Waals surface area (Å²) in [6.07, 6.45) is 0. The lowest BCUT2D eigenvalue weighted by atomic mass is 10.2. The lowest BCUT2D eigenvalue weighted by Gasteiger charge is -2.04. The van der Waals surface area contributed by atoms with Gasteiger partial charge in [-0.2, -0.15) is 0 Å². The molecule has 0 saturated heterocycles. The molecule has 1 aromatic carbocycles. The molecule has 0 aliphatic rings. The Hall–Kier alpha value is -0.830. The predicted octanol–water partition coefficient (Wildman–Crippen LogP) is 1.45. The molecule has 0 heterocycles. The van der Waals surface area contributed by atoms with Crippen LogP contribution in [0, 0.1) is 6.92 Å². The summed E-state index contributed by atoms with van der Waals surface area (Å²) in [6, 6.07) is 3.54. The van der Waals surface area contributed by atoms with E-state index in [-0.39, 0.29) is 0 Å². The molecule has 0 unspecified atom stereocenters. The van der Waals surface area contributed by atoms with Crippen molar-refractivity contribution in [2.45, 2.75) is 11.8 Å². The highest BCUT2D eigenvalue weighted by atomic mass is 32.1. The standard InChI is InChI=1S/C7H10N2S/c1-4-5(8)2-3-6(9)7(4)10/h2-3,10H,8-9H2,1H3. The van der Waals surface area contributed by atoms with Gasteiger partial charge in [-0.3, -0.25) is 0 Å². The second-order valence-corrected chi connectivity index (χ2v) is 2.66. The zero-order valence-electron chi connectivity index (χ0n) is 5.76. The highest BCUT2D eigenvalue weighted by Gasteiger charge is 1.99. The Kier molecular flexibility index (Phi) is 1.76. The monoisotopic (exact) mass is 154 g/mol. The molecule has 54 valence electrons. The summed E-state index contributed by atoms with van der Waals surface area (Å²) in [5.41, 5.74) is 13.5. The second kappa shape index (κ2) is 2.42. The summed E-state index contributed by atoms with van der Waals surface area (Å²) >= 11 is 4.18. The van der Waals surface area contributed by atoms with E-state index in [2.05, 4.69) is 12.6 Å². The first-order chi connectivity index (χ1) is 4.63. The number of nitrogens with two attached hydrogens (primary N) is 2. The third kappa shape index (κ3) is 1.04. The number of hydrogen-bond acceptors (Lipinski definition) is 3. The van der Waals surface area contributed by atoms with Crippen LogP contribution in [-0.4, -0.2) is 0 Å². The van der Waals surface area contributed by atoms with E-state index in [1.807, 2.05) is 6.92 Å². The molecule has 3 heteroatoms. The maximum absolute atomic E-state index is 5.59. The van der Waals surface area contributed by atoms with Gasteiger partial charge in [0.2, 0.25) is 0 Å². The van der Waals surface area contributed by atoms with Gasteiger partial charge in [-0.05, 0) is 24.6 Å². The van der Waals surface area contributed by atoms with Crippen LogP contribution >= 0.6 is 12.6 Å². The second-order valence-electron chi connectivity index (χ2n) is 2.22. The number of nitrogen functional groups attached to an aromatic ring is 2. The van der Waals surface area contributed by atoms with Crippen molar-refractivity contribution in [1.29, 1.82) is 0 Å². The minimum atomic E-state index is 0.676. The molecule has 0 radical (unpaired) electrons. The van der Waals surface area contributed by atoms with Crippen LogP contribution in [0.5, 0.6) is 0 Å². The average Bonchev–Trinajstić information content (AvgIpc) is 1.93. The van der Waals surface area contributed by atoms with Crippen molar-refractivity contribution in [1.82, 2.24) is 0 Å². The third-order valence-corrected chi connectivity index (χ3v) is 2.10. The zero-order valence-corrected chi connectivity index (χ0v) is 6.65. The van der Waals surface area contributed by atoms with E-state index in [4.69, 9.17) is 11.5 Å². The van der Waals surface area contributed by atoms with Gasteiger partial charge in [0.05, 0.1) is 0 Å². The minimum Gasteiger partial charge on any atom is -0.398 e. The van der Waals surface area contributed by atoms with Crippen LogP contribution in [0.15, 0.2) is 17.0 Å². The van der Waals surface area contributed by atoms with E-state index >= 15 is 0 Å². The smallest absolute Gasteiger partial charge is 0.0453 e. The van der Waals surface area contributed by atoms with Gasteiger partial charge in [0.1, 0.15) is 0 Å². The van der Waals surface area contributed by atoms with Crippen molar-refractivity contribution in [3.8, 4) is 0 Å². The average molecular weight is 154 g/mol. The van der Waals surface area contributed by atoms with Gasteiger partial charge in [0.25, 0.3) is 0 Å². The van der Waals surface area contributed by atoms with Crippen molar-refractivity contribution < 1.29 is 0 Å². The van der Waals surface area contributed by atoms with Crippen LogP contribution in [-0.2, 0) is 0 Å². The normalized spacial score (nSPS) is 9.80. The van der Waals surface area contributed by atoms with Gasteiger partial charge in [-0.25, -0.2) is 0 Å².